The maximum atomic E-state index is 11.7. The van der Waals surface area contributed by atoms with E-state index < -0.39 is 16.2 Å². The molecule has 1 aromatic heterocycles. The zero-order chi connectivity index (χ0) is 13.7. The van der Waals surface area contributed by atoms with E-state index in [2.05, 4.69) is 0 Å². The largest absolute Gasteiger partial charge is 0.377 e. The molecule has 0 radical (unpaired) electrons. The van der Waals surface area contributed by atoms with Crippen LogP contribution in [-0.2, 0) is 16.0 Å². The summed E-state index contributed by atoms with van der Waals surface area (Å²) in [5, 5.41) is 10.6. The third kappa shape index (κ3) is 3.62. The highest BCUT2D eigenvalue weighted by molar-refractivity contribution is 5.24. The van der Waals surface area contributed by atoms with Crippen LogP contribution in [0.4, 0.5) is 5.69 Å². The van der Waals surface area contributed by atoms with E-state index >= 15 is 0 Å². The highest BCUT2D eigenvalue weighted by Crippen LogP contribution is 2.11. The Kier molecular flexibility index (Phi) is 4.64. The maximum Gasteiger partial charge on any atom is 0.334 e. The van der Waals surface area contributed by atoms with Crippen LogP contribution in [0.1, 0.15) is 12.8 Å². The number of pyridine rings is 1. The van der Waals surface area contributed by atoms with Crippen molar-refractivity contribution in [3.8, 4) is 0 Å². The number of aromatic nitrogens is 1. The molecule has 2 heterocycles. The molecule has 1 aliphatic heterocycles. The lowest BCUT2D eigenvalue weighted by Crippen LogP contribution is -2.24. The van der Waals surface area contributed by atoms with Crippen LogP contribution in [0.2, 0.25) is 0 Å². The Morgan fingerprint density at radius 2 is 2.42 bits per heavy atom. The lowest BCUT2D eigenvalue weighted by atomic mass is 10.2. The van der Waals surface area contributed by atoms with Crippen molar-refractivity contribution < 1.29 is 14.4 Å². The Morgan fingerprint density at radius 3 is 3.11 bits per heavy atom. The van der Waals surface area contributed by atoms with E-state index in [-0.39, 0.29) is 6.10 Å². The molecule has 0 unspecified atom stereocenters. The summed E-state index contributed by atoms with van der Waals surface area (Å²) >= 11 is 0. The van der Waals surface area contributed by atoms with Gasteiger partial charge in [0.15, 0.2) is 0 Å². The quantitative estimate of drug-likeness (QED) is 0.436. The van der Waals surface area contributed by atoms with Gasteiger partial charge in [0.05, 0.1) is 24.2 Å². The van der Waals surface area contributed by atoms with Crippen LogP contribution in [0.3, 0.4) is 0 Å². The molecule has 0 amide bonds. The van der Waals surface area contributed by atoms with Gasteiger partial charge in [0.25, 0.3) is 0 Å². The summed E-state index contributed by atoms with van der Waals surface area (Å²) in [6.45, 7) is 1.91. The lowest BCUT2D eigenvalue weighted by Gasteiger charge is -2.10. The second kappa shape index (κ2) is 6.44. The molecular formula is C12H16N2O5. The third-order valence-electron chi connectivity index (χ3n) is 3.00. The van der Waals surface area contributed by atoms with Gasteiger partial charge in [-0.05, 0) is 18.9 Å². The molecular weight excluding hydrogens is 252 g/mol. The second-order valence-corrected chi connectivity index (χ2v) is 4.36. The van der Waals surface area contributed by atoms with Crippen LogP contribution >= 0.6 is 0 Å². The standard InChI is InChI=1S/C12H16N2O5/c15-12-11(14(16)17)4-1-5-13(12)6-8-18-9-10-3-2-7-19-10/h1,4-5,10H,2-3,6-9H2/t10-/m1/s1. The first-order valence-electron chi connectivity index (χ1n) is 6.21. The van der Waals surface area contributed by atoms with Crippen LogP contribution in [0.5, 0.6) is 0 Å². The zero-order valence-electron chi connectivity index (χ0n) is 10.5. The molecule has 0 saturated carbocycles. The van der Waals surface area contributed by atoms with Gasteiger partial charge < -0.3 is 14.0 Å². The molecule has 1 atom stereocenters. The molecule has 0 aliphatic carbocycles. The summed E-state index contributed by atoms with van der Waals surface area (Å²) in [5.41, 5.74) is -1.02. The zero-order valence-corrected chi connectivity index (χ0v) is 10.5. The summed E-state index contributed by atoms with van der Waals surface area (Å²) in [6.07, 6.45) is 3.71. The first-order valence-corrected chi connectivity index (χ1v) is 6.21. The summed E-state index contributed by atoms with van der Waals surface area (Å²) < 4.78 is 12.1. The van der Waals surface area contributed by atoms with Crippen molar-refractivity contribution in [2.24, 2.45) is 0 Å². The molecule has 1 aromatic rings. The summed E-state index contributed by atoms with van der Waals surface area (Å²) in [5.74, 6) is 0. The van der Waals surface area contributed by atoms with Gasteiger partial charge in [-0.25, -0.2) is 0 Å². The third-order valence-corrected chi connectivity index (χ3v) is 3.00. The normalized spacial score (nSPS) is 18.6. The SMILES string of the molecule is O=c1c([N+](=O)[O-])cccn1CCOC[C@H]1CCCO1. The summed E-state index contributed by atoms with van der Waals surface area (Å²) in [7, 11) is 0. The average molecular weight is 268 g/mol. The fourth-order valence-corrected chi connectivity index (χ4v) is 1.99. The number of hydrogen-bond acceptors (Lipinski definition) is 5. The van der Waals surface area contributed by atoms with Crippen LogP contribution in [0.25, 0.3) is 0 Å². The molecule has 7 heteroatoms. The van der Waals surface area contributed by atoms with Crippen molar-refractivity contribution in [3.63, 3.8) is 0 Å². The highest BCUT2D eigenvalue weighted by atomic mass is 16.6. The van der Waals surface area contributed by atoms with Crippen molar-refractivity contribution in [2.75, 3.05) is 19.8 Å². The molecule has 2 rings (SSSR count). The van der Waals surface area contributed by atoms with E-state index in [1.165, 1.54) is 22.9 Å². The number of nitro groups is 1. The molecule has 0 N–H and O–H groups in total. The minimum absolute atomic E-state index is 0.141. The van der Waals surface area contributed by atoms with Gasteiger partial charge >= 0.3 is 11.2 Å². The monoisotopic (exact) mass is 268 g/mol. The first kappa shape index (κ1) is 13.7. The Hall–Kier alpha value is -1.73. The number of hydrogen-bond donors (Lipinski definition) is 0. The van der Waals surface area contributed by atoms with E-state index in [0.717, 1.165) is 19.4 Å². The van der Waals surface area contributed by atoms with Crippen LogP contribution < -0.4 is 5.56 Å². The molecule has 1 saturated heterocycles. The van der Waals surface area contributed by atoms with Gasteiger partial charge in [-0.3, -0.25) is 14.9 Å². The predicted octanol–water partition coefficient (Wildman–Crippen LogP) is 0.952. The van der Waals surface area contributed by atoms with E-state index in [1.54, 1.807) is 0 Å². The van der Waals surface area contributed by atoms with Gasteiger partial charge in [-0.15, -0.1) is 0 Å². The van der Waals surface area contributed by atoms with Gasteiger partial charge in [0, 0.05) is 25.4 Å². The molecule has 1 aliphatic rings. The fraction of sp³-hybridized carbons (Fsp3) is 0.583. The van der Waals surface area contributed by atoms with Crippen molar-refractivity contribution >= 4 is 5.69 Å². The lowest BCUT2D eigenvalue weighted by molar-refractivity contribution is -0.386. The number of rotatable bonds is 6. The van der Waals surface area contributed by atoms with Crippen LogP contribution in [0.15, 0.2) is 23.1 Å². The van der Waals surface area contributed by atoms with E-state index in [0.29, 0.717) is 19.8 Å². The minimum Gasteiger partial charge on any atom is -0.377 e. The highest BCUT2D eigenvalue weighted by Gasteiger charge is 2.16. The molecule has 104 valence electrons. The van der Waals surface area contributed by atoms with E-state index in [9.17, 15) is 14.9 Å². The molecule has 1 fully saturated rings. The summed E-state index contributed by atoms with van der Waals surface area (Å²) in [6, 6.07) is 2.69. The van der Waals surface area contributed by atoms with Crippen molar-refractivity contribution in [3.05, 3.63) is 38.8 Å². The average Bonchev–Trinajstić information content (AvgIpc) is 2.89. The molecule has 0 spiro atoms. The van der Waals surface area contributed by atoms with Crippen LogP contribution in [-0.4, -0.2) is 35.4 Å². The van der Waals surface area contributed by atoms with Crippen molar-refractivity contribution in [1.29, 1.82) is 0 Å². The Morgan fingerprint density at radius 1 is 1.58 bits per heavy atom. The molecule has 19 heavy (non-hydrogen) atoms. The Labute approximate surface area is 109 Å². The van der Waals surface area contributed by atoms with Crippen LogP contribution in [0, 0.1) is 10.1 Å². The topological polar surface area (TPSA) is 83.6 Å². The molecule has 7 nitrogen and oxygen atoms in total. The maximum absolute atomic E-state index is 11.7. The summed E-state index contributed by atoms with van der Waals surface area (Å²) in [4.78, 5) is 21.6. The number of nitrogens with zero attached hydrogens (tertiary/aromatic N) is 2. The Balaban J connectivity index is 1.84. The predicted molar refractivity (Wildman–Crippen MR) is 67.1 cm³/mol. The Bertz CT molecular complexity index is 493. The van der Waals surface area contributed by atoms with Gasteiger partial charge in [0.1, 0.15) is 0 Å². The number of ether oxygens (including phenoxy) is 2. The van der Waals surface area contributed by atoms with Crippen molar-refractivity contribution in [2.45, 2.75) is 25.5 Å². The molecule has 0 aromatic carbocycles. The molecule has 0 bridgehead atoms. The smallest absolute Gasteiger partial charge is 0.334 e. The first-order chi connectivity index (χ1) is 9.18. The van der Waals surface area contributed by atoms with E-state index in [1.807, 2.05) is 0 Å². The van der Waals surface area contributed by atoms with Gasteiger partial charge in [0.2, 0.25) is 0 Å². The van der Waals surface area contributed by atoms with Crippen molar-refractivity contribution in [1.82, 2.24) is 4.57 Å². The minimum atomic E-state index is -0.675. The van der Waals surface area contributed by atoms with E-state index in [4.69, 9.17) is 9.47 Å². The van der Waals surface area contributed by atoms with Gasteiger partial charge in [-0.1, -0.05) is 0 Å². The fourth-order valence-electron chi connectivity index (χ4n) is 1.99. The van der Waals surface area contributed by atoms with Gasteiger partial charge in [-0.2, -0.15) is 0 Å². The second-order valence-electron chi connectivity index (χ2n) is 4.36.